The summed E-state index contributed by atoms with van der Waals surface area (Å²) in [5.41, 5.74) is 0.983. The number of fused-ring (bicyclic) bond motifs is 1. The van der Waals surface area contributed by atoms with E-state index in [-0.39, 0.29) is 47.7 Å². The molecule has 1 saturated heterocycles. The standard InChI is InChI=1S/C27H29ClFN4O8P/c1-16(34)20-14-32(23-12-18(7-8-19(20)23)41-27(37)30-9-11-42(38,39)40)15-24(35)33-10-3-6-22(33)26(36)31-13-17-4-2-5-21(28)25(17)29/h2,4-5,7-8,12,14,22H,3,6,9-11,13,15H2,1H3,(H,30,37)(H,31,36)(H2,38,39,40)/t22-/m0/s1. The van der Waals surface area contributed by atoms with Crippen LogP contribution in [0.1, 0.15) is 35.7 Å². The molecule has 1 aromatic heterocycles. The highest BCUT2D eigenvalue weighted by atomic mass is 35.5. The van der Waals surface area contributed by atoms with E-state index in [4.69, 9.17) is 26.1 Å². The minimum absolute atomic E-state index is 0.0580. The van der Waals surface area contributed by atoms with Gasteiger partial charge in [0.25, 0.3) is 0 Å². The summed E-state index contributed by atoms with van der Waals surface area (Å²) in [7, 11) is -4.29. The van der Waals surface area contributed by atoms with Gasteiger partial charge in [-0.3, -0.25) is 18.9 Å². The first-order chi connectivity index (χ1) is 19.8. The molecule has 2 heterocycles. The van der Waals surface area contributed by atoms with Crippen molar-refractivity contribution in [3.8, 4) is 5.75 Å². The number of nitrogens with one attached hydrogen (secondary N) is 2. The number of hydrogen-bond acceptors (Lipinski definition) is 6. The average Bonchev–Trinajstić information content (AvgIpc) is 3.54. The number of carbonyl (C=O) groups is 4. The SMILES string of the molecule is CC(=O)c1cn(CC(=O)N2CCC[C@H]2C(=O)NCc2cccc(Cl)c2F)c2cc(OC(=O)NCCP(=O)(O)O)ccc12. The maximum absolute atomic E-state index is 14.2. The van der Waals surface area contributed by atoms with Gasteiger partial charge in [-0.15, -0.1) is 0 Å². The third-order valence-electron chi connectivity index (χ3n) is 6.78. The second kappa shape index (κ2) is 13.0. The Morgan fingerprint density at radius 1 is 1.17 bits per heavy atom. The van der Waals surface area contributed by atoms with Crippen LogP contribution in [0.5, 0.6) is 5.75 Å². The second-order valence-electron chi connectivity index (χ2n) is 9.79. The minimum atomic E-state index is -4.29. The molecule has 1 fully saturated rings. The lowest BCUT2D eigenvalue weighted by Crippen LogP contribution is -2.46. The Labute approximate surface area is 244 Å². The number of rotatable bonds is 10. The summed E-state index contributed by atoms with van der Waals surface area (Å²) in [5.74, 6) is -1.61. The number of halogens is 2. The number of likely N-dealkylation sites (tertiary alicyclic amines) is 1. The molecule has 4 rings (SSSR count). The van der Waals surface area contributed by atoms with E-state index in [9.17, 15) is 28.1 Å². The maximum Gasteiger partial charge on any atom is 0.412 e. The van der Waals surface area contributed by atoms with Gasteiger partial charge >= 0.3 is 13.7 Å². The van der Waals surface area contributed by atoms with Gasteiger partial charge in [0, 0.05) is 48.4 Å². The third-order valence-corrected chi connectivity index (χ3v) is 7.88. The molecule has 0 saturated carbocycles. The first-order valence-electron chi connectivity index (χ1n) is 13.0. The highest BCUT2D eigenvalue weighted by Crippen LogP contribution is 2.33. The molecule has 15 heteroatoms. The van der Waals surface area contributed by atoms with Crippen molar-refractivity contribution in [1.82, 2.24) is 20.1 Å². The van der Waals surface area contributed by atoms with Crippen LogP contribution in [0.4, 0.5) is 9.18 Å². The van der Waals surface area contributed by atoms with Gasteiger partial charge in [-0.25, -0.2) is 9.18 Å². The van der Waals surface area contributed by atoms with E-state index in [0.717, 1.165) is 0 Å². The Hall–Kier alpha value is -3.77. The van der Waals surface area contributed by atoms with E-state index < -0.39 is 37.6 Å². The van der Waals surface area contributed by atoms with E-state index in [1.807, 2.05) is 0 Å². The third kappa shape index (κ3) is 7.54. The Bertz CT molecular complexity index is 1590. The van der Waals surface area contributed by atoms with Crippen molar-refractivity contribution in [2.45, 2.75) is 38.9 Å². The van der Waals surface area contributed by atoms with Crippen molar-refractivity contribution in [1.29, 1.82) is 0 Å². The number of ether oxygens (including phenoxy) is 1. The van der Waals surface area contributed by atoms with Crippen LogP contribution in [-0.2, 0) is 27.2 Å². The topological polar surface area (TPSA) is 167 Å². The summed E-state index contributed by atoms with van der Waals surface area (Å²) >= 11 is 5.81. The molecule has 2 aromatic carbocycles. The summed E-state index contributed by atoms with van der Waals surface area (Å²) in [6.07, 6.45) is 1.04. The van der Waals surface area contributed by atoms with Crippen LogP contribution in [0.3, 0.4) is 0 Å². The van der Waals surface area contributed by atoms with Gasteiger partial charge in [0.15, 0.2) is 5.78 Å². The van der Waals surface area contributed by atoms with Gasteiger partial charge in [-0.2, -0.15) is 0 Å². The zero-order chi connectivity index (χ0) is 30.6. The molecule has 4 N–H and O–H groups in total. The molecule has 0 spiro atoms. The number of aromatic nitrogens is 1. The number of amides is 3. The quantitative estimate of drug-likeness (QED) is 0.197. The number of nitrogens with zero attached hydrogens (tertiary/aromatic N) is 2. The highest BCUT2D eigenvalue weighted by Gasteiger charge is 2.34. The van der Waals surface area contributed by atoms with Crippen LogP contribution in [0.25, 0.3) is 10.9 Å². The fraction of sp³-hybridized carbons (Fsp3) is 0.333. The van der Waals surface area contributed by atoms with Crippen LogP contribution < -0.4 is 15.4 Å². The number of carbonyl (C=O) groups excluding carboxylic acids is 4. The Kier molecular flexibility index (Phi) is 9.67. The van der Waals surface area contributed by atoms with Crippen molar-refractivity contribution < 1.29 is 42.7 Å². The Morgan fingerprint density at radius 3 is 2.64 bits per heavy atom. The molecule has 0 bridgehead atoms. The van der Waals surface area contributed by atoms with Gasteiger partial charge in [0.2, 0.25) is 11.8 Å². The van der Waals surface area contributed by atoms with E-state index in [1.165, 1.54) is 46.9 Å². The normalized spacial score (nSPS) is 15.1. The van der Waals surface area contributed by atoms with E-state index in [2.05, 4.69) is 10.6 Å². The Morgan fingerprint density at radius 2 is 1.93 bits per heavy atom. The summed E-state index contributed by atoms with van der Waals surface area (Å²) in [6, 6.07) is 8.20. The highest BCUT2D eigenvalue weighted by molar-refractivity contribution is 7.51. The smallest absolute Gasteiger partial charge is 0.410 e. The van der Waals surface area contributed by atoms with Crippen molar-refractivity contribution in [2.75, 3.05) is 19.3 Å². The van der Waals surface area contributed by atoms with E-state index in [0.29, 0.717) is 35.9 Å². The number of hydrogen-bond donors (Lipinski definition) is 4. The lowest BCUT2D eigenvalue weighted by atomic mass is 10.1. The number of Topliss-reactive ketones (excluding diaryl/α,β-unsaturated/α-hetero) is 1. The molecular formula is C27H29ClFN4O8P. The van der Waals surface area contributed by atoms with Crippen LogP contribution in [-0.4, -0.2) is 68.2 Å². The van der Waals surface area contributed by atoms with Crippen LogP contribution in [0.15, 0.2) is 42.6 Å². The zero-order valence-corrected chi connectivity index (χ0v) is 24.2. The molecule has 1 atom stereocenters. The van der Waals surface area contributed by atoms with Gasteiger partial charge < -0.3 is 34.6 Å². The van der Waals surface area contributed by atoms with Crippen molar-refractivity contribution >= 4 is 53.8 Å². The Balaban J connectivity index is 1.47. The van der Waals surface area contributed by atoms with E-state index in [1.54, 1.807) is 12.1 Å². The number of ketones is 1. The van der Waals surface area contributed by atoms with Gasteiger partial charge in [-0.1, -0.05) is 23.7 Å². The molecule has 0 radical (unpaired) electrons. The first kappa shape index (κ1) is 31.2. The average molecular weight is 623 g/mol. The first-order valence-corrected chi connectivity index (χ1v) is 15.2. The van der Waals surface area contributed by atoms with Gasteiger partial charge in [0.05, 0.1) is 16.7 Å². The number of benzene rings is 2. The molecule has 3 amide bonds. The largest absolute Gasteiger partial charge is 0.412 e. The molecule has 42 heavy (non-hydrogen) atoms. The second-order valence-corrected chi connectivity index (χ2v) is 12.0. The minimum Gasteiger partial charge on any atom is -0.410 e. The van der Waals surface area contributed by atoms with Crippen molar-refractivity contribution in [3.05, 3.63) is 64.6 Å². The molecule has 224 valence electrons. The summed E-state index contributed by atoms with van der Waals surface area (Å²) < 4.78 is 31.9. The molecule has 12 nitrogen and oxygen atoms in total. The summed E-state index contributed by atoms with van der Waals surface area (Å²) in [5, 5.41) is 5.38. The lowest BCUT2D eigenvalue weighted by molar-refractivity contribution is -0.138. The molecular weight excluding hydrogens is 594 g/mol. The monoisotopic (exact) mass is 622 g/mol. The maximum atomic E-state index is 14.2. The van der Waals surface area contributed by atoms with E-state index >= 15 is 0 Å². The molecule has 3 aromatic rings. The van der Waals surface area contributed by atoms with Crippen LogP contribution >= 0.6 is 19.2 Å². The van der Waals surface area contributed by atoms with Gasteiger partial charge in [0.1, 0.15) is 24.2 Å². The fourth-order valence-electron chi connectivity index (χ4n) is 4.75. The van der Waals surface area contributed by atoms with Crippen LogP contribution in [0.2, 0.25) is 5.02 Å². The molecule has 1 aliphatic heterocycles. The van der Waals surface area contributed by atoms with Gasteiger partial charge in [-0.05, 0) is 38.0 Å². The van der Waals surface area contributed by atoms with Crippen molar-refractivity contribution in [3.63, 3.8) is 0 Å². The predicted molar refractivity (Wildman–Crippen MR) is 151 cm³/mol. The summed E-state index contributed by atoms with van der Waals surface area (Å²) in [4.78, 5) is 70.0. The molecule has 0 aliphatic carbocycles. The fourth-order valence-corrected chi connectivity index (χ4v) is 5.35. The van der Waals surface area contributed by atoms with Crippen LogP contribution in [0, 0.1) is 5.82 Å². The summed E-state index contributed by atoms with van der Waals surface area (Å²) in [6.45, 7) is 1.11. The zero-order valence-electron chi connectivity index (χ0n) is 22.5. The lowest BCUT2D eigenvalue weighted by Gasteiger charge is -2.24. The molecule has 0 unspecified atom stereocenters. The predicted octanol–water partition coefficient (Wildman–Crippen LogP) is 3.21. The molecule has 1 aliphatic rings. The van der Waals surface area contributed by atoms with Crippen molar-refractivity contribution in [2.24, 2.45) is 0 Å².